The van der Waals surface area contributed by atoms with Gasteiger partial charge in [-0.3, -0.25) is 34.2 Å². The number of nitrogens with two attached hydrogens (primary N) is 3. The maximum atomic E-state index is 13.4. The summed E-state index contributed by atoms with van der Waals surface area (Å²) in [5.41, 5.74) is 20.5. The first kappa shape index (κ1) is 34.5. The average molecular weight is 694 g/mol. The topological polar surface area (TPSA) is 223 Å². The predicted molar refractivity (Wildman–Crippen MR) is 186 cm³/mol. The third-order valence-electron chi connectivity index (χ3n) is 9.66. The van der Waals surface area contributed by atoms with E-state index < -0.39 is 47.6 Å². The normalized spacial score (nSPS) is 18.6. The fraction of sp³-hybridized carbons (Fsp3) is 0.270. The van der Waals surface area contributed by atoms with Crippen molar-refractivity contribution in [2.45, 2.75) is 37.1 Å². The van der Waals surface area contributed by atoms with Gasteiger partial charge in [-0.05, 0) is 55.2 Å². The van der Waals surface area contributed by atoms with Crippen LogP contribution in [0.15, 0.2) is 90.4 Å². The number of fused-ring (bicyclic) bond motifs is 1. The predicted octanol–water partition coefficient (Wildman–Crippen LogP) is 1.41. The van der Waals surface area contributed by atoms with Crippen molar-refractivity contribution in [2.75, 3.05) is 26.2 Å². The lowest BCUT2D eigenvalue weighted by molar-refractivity contribution is -0.136. The summed E-state index contributed by atoms with van der Waals surface area (Å²) >= 11 is 0. The summed E-state index contributed by atoms with van der Waals surface area (Å²) in [6.45, 7) is 0.929. The van der Waals surface area contributed by atoms with E-state index in [9.17, 15) is 29.1 Å². The first-order valence-electron chi connectivity index (χ1n) is 16.5. The second-order valence-corrected chi connectivity index (χ2v) is 12.8. The number of allylic oxidation sites excluding steroid dienone is 1. The number of imide groups is 2. The van der Waals surface area contributed by atoms with Crippen LogP contribution in [-0.2, 0) is 19.8 Å². The Morgan fingerprint density at radius 3 is 2.33 bits per heavy atom. The molecular weight excluding hydrogens is 654 g/mol. The Bertz CT molecular complexity index is 1950. The Hall–Kier alpha value is -6.31. The number of para-hydroxylation sites is 1. The number of phenolic OH excluding ortho intramolecular Hbond substituents is 1. The molecular formula is C37H39N7O7. The minimum absolute atomic E-state index is 0.000110. The van der Waals surface area contributed by atoms with E-state index in [1.165, 1.54) is 18.2 Å². The van der Waals surface area contributed by atoms with Crippen molar-refractivity contribution in [3.8, 4) is 11.5 Å². The van der Waals surface area contributed by atoms with Crippen LogP contribution in [0.4, 0.5) is 0 Å². The molecule has 0 aliphatic carbocycles. The highest BCUT2D eigenvalue weighted by Gasteiger charge is 2.46. The third kappa shape index (κ3) is 6.93. The van der Waals surface area contributed by atoms with Gasteiger partial charge in [0, 0.05) is 42.7 Å². The number of rotatable bonds is 10. The van der Waals surface area contributed by atoms with Crippen LogP contribution >= 0.6 is 0 Å². The van der Waals surface area contributed by atoms with Gasteiger partial charge in [0.15, 0.2) is 6.61 Å². The summed E-state index contributed by atoms with van der Waals surface area (Å²) in [4.78, 5) is 66.8. The number of hydrogen-bond acceptors (Lipinski definition) is 11. The Balaban J connectivity index is 1.13. The van der Waals surface area contributed by atoms with Crippen molar-refractivity contribution < 1.29 is 33.8 Å². The van der Waals surface area contributed by atoms with Crippen molar-refractivity contribution in [1.29, 1.82) is 0 Å². The second-order valence-electron chi connectivity index (χ2n) is 12.8. The van der Waals surface area contributed by atoms with E-state index in [0.29, 0.717) is 42.9 Å². The minimum atomic E-state index is -1.12. The number of piperidine rings is 2. The van der Waals surface area contributed by atoms with Crippen molar-refractivity contribution in [3.63, 3.8) is 0 Å². The molecule has 14 nitrogen and oxygen atoms in total. The van der Waals surface area contributed by atoms with Gasteiger partial charge in [0.25, 0.3) is 17.7 Å². The molecule has 0 aromatic heterocycles. The number of nitrogens with one attached hydrogen (secondary N) is 2. The van der Waals surface area contributed by atoms with E-state index in [1.807, 2.05) is 35.2 Å². The number of hydrogen-bond donors (Lipinski definition) is 6. The number of nitrogens with zero attached hydrogens (tertiary/aromatic N) is 2. The largest absolute Gasteiger partial charge is 0.507 e. The van der Waals surface area contributed by atoms with E-state index in [4.69, 9.17) is 21.9 Å². The molecule has 6 rings (SSSR count). The van der Waals surface area contributed by atoms with Gasteiger partial charge >= 0.3 is 0 Å². The Morgan fingerprint density at radius 2 is 1.65 bits per heavy atom. The summed E-state index contributed by atoms with van der Waals surface area (Å²) in [6, 6.07) is 19.9. The first-order valence-corrected chi connectivity index (χ1v) is 16.5. The van der Waals surface area contributed by atoms with Gasteiger partial charge in [-0.1, -0.05) is 48.5 Å². The van der Waals surface area contributed by atoms with Crippen LogP contribution in [-0.4, -0.2) is 76.7 Å². The van der Waals surface area contributed by atoms with Gasteiger partial charge in [0.1, 0.15) is 23.4 Å². The molecule has 1 atom stereocenters. The first-order chi connectivity index (χ1) is 24.5. The highest BCUT2D eigenvalue weighted by atomic mass is 16.5. The quantitative estimate of drug-likeness (QED) is 0.132. The average Bonchev–Trinajstić information content (AvgIpc) is 3.38. The van der Waals surface area contributed by atoms with Crippen LogP contribution in [0.1, 0.15) is 57.5 Å². The molecule has 0 radical (unpaired) electrons. The van der Waals surface area contributed by atoms with Gasteiger partial charge in [0.2, 0.25) is 11.8 Å². The van der Waals surface area contributed by atoms with Crippen molar-refractivity contribution in [3.05, 3.63) is 113 Å². The fourth-order valence-corrected chi connectivity index (χ4v) is 6.90. The smallest absolute Gasteiger partial charge is 0.266 e. The number of aromatic hydroxyl groups is 1. The highest BCUT2D eigenvalue weighted by molar-refractivity contribution is 6.24. The van der Waals surface area contributed by atoms with Gasteiger partial charge < -0.3 is 37.3 Å². The summed E-state index contributed by atoms with van der Waals surface area (Å²) in [7, 11) is 0. The summed E-state index contributed by atoms with van der Waals surface area (Å²) in [6.07, 6.45) is 2.92. The van der Waals surface area contributed by atoms with Crippen LogP contribution in [0.5, 0.6) is 11.5 Å². The van der Waals surface area contributed by atoms with Gasteiger partial charge in [-0.15, -0.1) is 0 Å². The minimum Gasteiger partial charge on any atom is -0.507 e. The number of carbonyl (C=O) groups excluding carboxylic acids is 5. The Kier molecular flexibility index (Phi) is 9.67. The van der Waals surface area contributed by atoms with Gasteiger partial charge in [-0.2, -0.15) is 0 Å². The van der Waals surface area contributed by atoms with E-state index in [2.05, 4.69) is 10.6 Å². The molecule has 0 bridgehead atoms. The monoisotopic (exact) mass is 693 g/mol. The van der Waals surface area contributed by atoms with Gasteiger partial charge in [-0.25, -0.2) is 0 Å². The molecule has 3 aliphatic rings. The zero-order valence-electron chi connectivity index (χ0n) is 27.8. The van der Waals surface area contributed by atoms with Crippen LogP contribution < -0.4 is 32.6 Å². The molecule has 3 aliphatic heterocycles. The van der Waals surface area contributed by atoms with E-state index in [0.717, 1.165) is 10.5 Å². The maximum absolute atomic E-state index is 13.4. The number of carbonyl (C=O) groups is 5. The van der Waals surface area contributed by atoms with Crippen molar-refractivity contribution in [2.24, 2.45) is 17.2 Å². The molecule has 2 fully saturated rings. The summed E-state index contributed by atoms with van der Waals surface area (Å²) < 4.78 is 5.80. The van der Waals surface area contributed by atoms with E-state index in [1.54, 1.807) is 30.3 Å². The van der Waals surface area contributed by atoms with E-state index >= 15 is 0 Å². The van der Waals surface area contributed by atoms with E-state index in [-0.39, 0.29) is 47.8 Å². The molecule has 264 valence electrons. The Labute approximate surface area is 293 Å². The van der Waals surface area contributed by atoms with Gasteiger partial charge in [0.05, 0.1) is 16.8 Å². The molecule has 51 heavy (non-hydrogen) atoms. The SMILES string of the molecule is NC(N)=C(/C=C(\N)c1ccccc1O)N1CCC(CNC(=O)COc2cccc3c2C(=O)N(C2CCC(=O)NC2=O)C3=O)(c2ccccc2)CC1. The van der Waals surface area contributed by atoms with Crippen molar-refractivity contribution in [1.82, 2.24) is 20.4 Å². The molecule has 0 saturated carbocycles. The lowest BCUT2D eigenvalue weighted by atomic mass is 9.72. The van der Waals surface area contributed by atoms with Crippen LogP contribution in [0.3, 0.4) is 0 Å². The standard InChI is InChI=1S/C37H39N7O7/c38-25(23-9-4-5-11-28(23)45)19-27(33(39)40)43-17-15-37(16-18-43,22-7-2-1-3-8-22)21-41-31(47)20-51-29-12-6-10-24-32(29)36(50)44(35(24)49)26-13-14-30(46)42-34(26)48/h1-12,19,26,45H,13-18,20-21,38-40H2,(H,41,47)(H,42,46,48)/b25-19-. The molecule has 14 heteroatoms. The Morgan fingerprint density at radius 1 is 0.941 bits per heavy atom. The highest BCUT2D eigenvalue weighted by Crippen LogP contribution is 2.37. The number of benzene rings is 3. The number of ether oxygens (including phenoxy) is 1. The zero-order chi connectivity index (χ0) is 36.3. The fourth-order valence-electron chi connectivity index (χ4n) is 6.90. The van der Waals surface area contributed by atoms with Crippen molar-refractivity contribution >= 4 is 35.2 Å². The molecule has 9 N–H and O–H groups in total. The second kappa shape index (κ2) is 14.3. The number of likely N-dealkylation sites (tertiary alicyclic amines) is 1. The molecule has 5 amide bonds. The van der Waals surface area contributed by atoms with Crippen LogP contribution in [0, 0.1) is 0 Å². The van der Waals surface area contributed by atoms with Crippen LogP contribution in [0.2, 0.25) is 0 Å². The molecule has 0 spiro atoms. The molecule has 1 unspecified atom stereocenters. The lowest BCUT2D eigenvalue weighted by Gasteiger charge is -2.43. The lowest BCUT2D eigenvalue weighted by Crippen LogP contribution is -2.54. The third-order valence-corrected chi connectivity index (χ3v) is 9.66. The molecule has 3 heterocycles. The molecule has 3 aromatic carbocycles. The zero-order valence-corrected chi connectivity index (χ0v) is 27.8. The summed E-state index contributed by atoms with van der Waals surface area (Å²) in [5, 5.41) is 15.4. The van der Waals surface area contributed by atoms with Crippen LogP contribution in [0.25, 0.3) is 5.70 Å². The molecule has 3 aromatic rings. The summed E-state index contributed by atoms with van der Waals surface area (Å²) in [5.74, 6) is -2.85. The molecule has 2 saturated heterocycles. The number of amides is 5. The number of phenols is 1. The maximum Gasteiger partial charge on any atom is 0.266 e.